The van der Waals surface area contributed by atoms with Gasteiger partial charge in [-0.15, -0.1) is 0 Å². The molecule has 0 atom stereocenters. The minimum Gasteiger partial charge on any atom is -0.326 e. The molecule has 0 fully saturated rings. The number of allylic oxidation sites excluding steroid dienone is 1. The van der Waals surface area contributed by atoms with Gasteiger partial charge >= 0.3 is 0 Å². The van der Waals surface area contributed by atoms with Crippen molar-refractivity contribution in [2.45, 2.75) is 6.92 Å². The third-order valence-corrected chi connectivity index (χ3v) is 2.98. The van der Waals surface area contributed by atoms with Crippen LogP contribution < -0.4 is 5.32 Å². The molecule has 0 unspecified atom stereocenters. The third-order valence-electron chi connectivity index (χ3n) is 2.74. The summed E-state index contributed by atoms with van der Waals surface area (Å²) >= 11 is 5.89. The van der Waals surface area contributed by atoms with E-state index in [0.717, 1.165) is 5.56 Å². The molecule has 1 amide bonds. The van der Waals surface area contributed by atoms with Crippen LogP contribution in [-0.2, 0) is 4.79 Å². The molecule has 0 aliphatic carbocycles. The van der Waals surface area contributed by atoms with Crippen molar-refractivity contribution >= 4 is 35.1 Å². The van der Waals surface area contributed by atoms with E-state index in [9.17, 15) is 9.59 Å². The molecule has 0 aromatic heterocycles. The maximum absolute atomic E-state index is 12.1. The van der Waals surface area contributed by atoms with Crippen LogP contribution in [0.1, 0.15) is 22.8 Å². The summed E-state index contributed by atoms with van der Waals surface area (Å²) in [5.41, 5.74) is 1.97. The number of rotatable bonds is 4. The van der Waals surface area contributed by atoms with Crippen LogP contribution in [0.4, 0.5) is 5.69 Å². The molecule has 4 heteroatoms. The standard InChI is InChI=1S/C17H14ClNO2/c1-12(20)19-16-7-3-5-14(11-16)17(21)9-8-13-4-2-6-15(18)10-13/h2-11H,1H3,(H,19,20)/b9-8+. The van der Waals surface area contributed by atoms with Gasteiger partial charge in [0.05, 0.1) is 0 Å². The van der Waals surface area contributed by atoms with Crippen molar-refractivity contribution in [2.24, 2.45) is 0 Å². The summed E-state index contributed by atoms with van der Waals surface area (Å²) in [5, 5.41) is 3.27. The number of benzene rings is 2. The van der Waals surface area contributed by atoms with Gasteiger partial charge in [-0.05, 0) is 35.9 Å². The summed E-state index contributed by atoms with van der Waals surface area (Å²) in [6, 6.07) is 14.1. The highest BCUT2D eigenvalue weighted by Crippen LogP contribution is 2.14. The van der Waals surface area contributed by atoms with Crippen molar-refractivity contribution < 1.29 is 9.59 Å². The lowest BCUT2D eigenvalue weighted by Crippen LogP contribution is -2.06. The Hall–Kier alpha value is -2.39. The summed E-state index contributed by atoms with van der Waals surface area (Å²) in [6.45, 7) is 1.42. The number of carbonyl (C=O) groups excluding carboxylic acids is 2. The molecule has 0 aliphatic heterocycles. The highest BCUT2D eigenvalue weighted by Gasteiger charge is 2.03. The minimum atomic E-state index is -0.172. The van der Waals surface area contributed by atoms with Gasteiger partial charge in [-0.3, -0.25) is 9.59 Å². The Morgan fingerprint density at radius 3 is 2.57 bits per heavy atom. The van der Waals surface area contributed by atoms with Crippen LogP contribution in [0, 0.1) is 0 Å². The Bertz CT molecular complexity index is 707. The first-order chi connectivity index (χ1) is 10.0. The molecule has 1 N–H and O–H groups in total. The van der Waals surface area contributed by atoms with E-state index in [-0.39, 0.29) is 11.7 Å². The van der Waals surface area contributed by atoms with Gasteiger partial charge in [0.2, 0.25) is 5.91 Å². The number of hydrogen-bond acceptors (Lipinski definition) is 2. The lowest BCUT2D eigenvalue weighted by atomic mass is 10.1. The molecule has 106 valence electrons. The fraction of sp³-hybridized carbons (Fsp3) is 0.0588. The van der Waals surface area contributed by atoms with E-state index in [2.05, 4.69) is 5.32 Å². The highest BCUT2D eigenvalue weighted by molar-refractivity contribution is 6.30. The highest BCUT2D eigenvalue weighted by atomic mass is 35.5. The Balaban J connectivity index is 2.15. The number of ketones is 1. The lowest BCUT2D eigenvalue weighted by molar-refractivity contribution is -0.114. The zero-order valence-electron chi connectivity index (χ0n) is 11.5. The van der Waals surface area contributed by atoms with Crippen LogP contribution in [0.5, 0.6) is 0 Å². The van der Waals surface area contributed by atoms with Gasteiger partial charge < -0.3 is 5.32 Å². The van der Waals surface area contributed by atoms with Crippen molar-refractivity contribution in [3.8, 4) is 0 Å². The second-order valence-corrected chi connectivity index (χ2v) is 4.95. The average Bonchev–Trinajstić information content (AvgIpc) is 2.44. The lowest BCUT2D eigenvalue weighted by Gasteiger charge is -2.03. The monoisotopic (exact) mass is 299 g/mol. The van der Waals surface area contributed by atoms with Crippen LogP contribution in [0.3, 0.4) is 0 Å². The molecule has 3 nitrogen and oxygen atoms in total. The molecule has 0 bridgehead atoms. The number of anilines is 1. The van der Waals surface area contributed by atoms with Crippen molar-refractivity contribution in [1.82, 2.24) is 0 Å². The van der Waals surface area contributed by atoms with Crippen LogP contribution in [0.15, 0.2) is 54.6 Å². The largest absolute Gasteiger partial charge is 0.326 e. The first kappa shape index (κ1) is 15.0. The van der Waals surface area contributed by atoms with Crippen molar-refractivity contribution in [2.75, 3.05) is 5.32 Å². The Kier molecular flexibility index (Phi) is 4.90. The van der Waals surface area contributed by atoms with Gasteiger partial charge in [0.25, 0.3) is 0 Å². The van der Waals surface area contributed by atoms with Gasteiger partial charge in [0.15, 0.2) is 5.78 Å². The summed E-state index contributed by atoms with van der Waals surface area (Å²) < 4.78 is 0. The van der Waals surface area contributed by atoms with Gasteiger partial charge in [-0.25, -0.2) is 0 Å². The number of halogens is 1. The second-order valence-electron chi connectivity index (χ2n) is 4.51. The fourth-order valence-corrected chi connectivity index (χ4v) is 2.03. The first-order valence-electron chi connectivity index (χ1n) is 6.40. The smallest absolute Gasteiger partial charge is 0.221 e. The second kappa shape index (κ2) is 6.86. The van der Waals surface area contributed by atoms with E-state index < -0.39 is 0 Å². The molecule has 0 heterocycles. The molecule has 21 heavy (non-hydrogen) atoms. The summed E-state index contributed by atoms with van der Waals surface area (Å²) in [7, 11) is 0. The number of hydrogen-bond donors (Lipinski definition) is 1. The van der Waals surface area contributed by atoms with Crippen LogP contribution in [0.25, 0.3) is 6.08 Å². The molecular weight excluding hydrogens is 286 g/mol. The van der Waals surface area contributed by atoms with Crippen LogP contribution in [0.2, 0.25) is 5.02 Å². The van der Waals surface area contributed by atoms with Gasteiger partial charge in [0, 0.05) is 23.2 Å². The molecule has 0 saturated carbocycles. The predicted molar refractivity (Wildman–Crippen MR) is 85.6 cm³/mol. The van der Waals surface area contributed by atoms with Crippen molar-refractivity contribution in [3.05, 3.63) is 70.8 Å². The maximum Gasteiger partial charge on any atom is 0.221 e. The molecule has 2 aromatic rings. The van der Waals surface area contributed by atoms with Crippen molar-refractivity contribution in [1.29, 1.82) is 0 Å². The zero-order valence-corrected chi connectivity index (χ0v) is 12.2. The normalized spacial score (nSPS) is 10.6. The SMILES string of the molecule is CC(=O)Nc1cccc(C(=O)/C=C/c2cccc(Cl)c2)c1. The van der Waals surface area contributed by atoms with E-state index in [1.807, 2.05) is 12.1 Å². The molecule has 0 radical (unpaired) electrons. The Morgan fingerprint density at radius 1 is 1.10 bits per heavy atom. The average molecular weight is 300 g/mol. The van der Waals surface area contributed by atoms with Gasteiger partial charge in [-0.1, -0.05) is 41.9 Å². The molecule has 0 aliphatic rings. The van der Waals surface area contributed by atoms with E-state index >= 15 is 0 Å². The number of nitrogens with one attached hydrogen (secondary N) is 1. The Morgan fingerprint density at radius 2 is 1.86 bits per heavy atom. The molecule has 2 aromatic carbocycles. The number of amides is 1. The molecule has 2 rings (SSSR count). The predicted octanol–water partition coefficient (Wildman–Crippen LogP) is 4.19. The third kappa shape index (κ3) is 4.58. The van der Waals surface area contributed by atoms with Crippen molar-refractivity contribution in [3.63, 3.8) is 0 Å². The number of carbonyl (C=O) groups is 2. The fourth-order valence-electron chi connectivity index (χ4n) is 1.83. The van der Waals surface area contributed by atoms with E-state index in [1.165, 1.54) is 13.0 Å². The summed E-state index contributed by atoms with van der Waals surface area (Å²) in [6.07, 6.45) is 3.19. The minimum absolute atomic E-state index is 0.137. The topological polar surface area (TPSA) is 46.2 Å². The molecule has 0 saturated heterocycles. The maximum atomic E-state index is 12.1. The summed E-state index contributed by atoms with van der Waals surface area (Å²) in [4.78, 5) is 23.1. The van der Waals surface area contributed by atoms with E-state index in [4.69, 9.17) is 11.6 Å². The Labute approximate surface area is 128 Å². The van der Waals surface area contributed by atoms with E-state index in [1.54, 1.807) is 42.5 Å². The summed E-state index contributed by atoms with van der Waals surface area (Å²) in [5.74, 6) is -0.309. The van der Waals surface area contributed by atoms with E-state index in [0.29, 0.717) is 16.3 Å². The molecule has 0 spiro atoms. The van der Waals surface area contributed by atoms with Crippen LogP contribution in [-0.4, -0.2) is 11.7 Å². The first-order valence-corrected chi connectivity index (χ1v) is 6.78. The molecular formula is C17H14ClNO2. The quantitative estimate of drug-likeness (QED) is 0.679. The van der Waals surface area contributed by atoms with Gasteiger partial charge in [0.1, 0.15) is 0 Å². The van der Waals surface area contributed by atoms with Gasteiger partial charge in [-0.2, -0.15) is 0 Å². The van der Waals surface area contributed by atoms with Crippen LogP contribution >= 0.6 is 11.6 Å². The zero-order chi connectivity index (χ0) is 15.2.